The van der Waals surface area contributed by atoms with Crippen LogP contribution in [0.1, 0.15) is 51.6 Å². The van der Waals surface area contributed by atoms with Gasteiger partial charge in [0, 0.05) is 24.4 Å². The van der Waals surface area contributed by atoms with Crippen molar-refractivity contribution in [2.24, 2.45) is 0 Å². The largest absolute Gasteiger partial charge is 0.494 e. The number of hydrogen-bond donors (Lipinski definition) is 1. The predicted molar refractivity (Wildman–Crippen MR) is 134 cm³/mol. The van der Waals surface area contributed by atoms with Gasteiger partial charge in [-0.05, 0) is 76.1 Å². The normalized spacial score (nSPS) is 16.0. The van der Waals surface area contributed by atoms with E-state index < -0.39 is 11.9 Å². The zero-order valence-corrected chi connectivity index (χ0v) is 21.0. The Morgan fingerprint density at radius 3 is 2.67 bits per heavy atom. The van der Waals surface area contributed by atoms with Crippen LogP contribution < -0.4 is 10.1 Å². The van der Waals surface area contributed by atoms with Crippen molar-refractivity contribution in [1.29, 1.82) is 0 Å². The summed E-state index contributed by atoms with van der Waals surface area (Å²) in [6.07, 6.45) is 0.770. The monoisotopic (exact) mass is 494 g/mol. The molecule has 0 spiro atoms. The fourth-order valence-electron chi connectivity index (χ4n) is 4.12. The van der Waals surface area contributed by atoms with Crippen LogP contribution in [-0.2, 0) is 4.74 Å². The first-order valence-corrected chi connectivity index (χ1v) is 12.1. The summed E-state index contributed by atoms with van der Waals surface area (Å²) in [5.41, 5.74) is 2.63. The van der Waals surface area contributed by atoms with Gasteiger partial charge >= 0.3 is 6.03 Å². The van der Waals surface area contributed by atoms with Gasteiger partial charge in [0.25, 0.3) is 5.89 Å². The molecule has 1 unspecified atom stereocenters. The molecule has 9 heteroatoms. The molecule has 4 rings (SSSR count). The van der Waals surface area contributed by atoms with Crippen molar-refractivity contribution < 1.29 is 23.2 Å². The van der Waals surface area contributed by atoms with E-state index in [1.807, 2.05) is 52.0 Å². The Labute approximate surface area is 210 Å². The minimum atomic E-state index is -0.648. The number of carbonyl (C=O) groups is 1. The van der Waals surface area contributed by atoms with Gasteiger partial charge in [-0.2, -0.15) is 4.98 Å². The molecule has 0 saturated heterocycles. The number of hydrogen-bond acceptors (Lipinski definition) is 6. The Morgan fingerprint density at radius 1 is 1.19 bits per heavy atom. The highest BCUT2D eigenvalue weighted by Crippen LogP contribution is 2.37. The number of urea groups is 1. The summed E-state index contributed by atoms with van der Waals surface area (Å²) >= 11 is 0. The van der Waals surface area contributed by atoms with Gasteiger partial charge in [-0.3, -0.25) is 4.90 Å². The van der Waals surface area contributed by atoms with E-state index >= 15 is 0 Å². The number of carbonyl (C=O) groups excluding carboxylic acids is 1. The molecule has 2 heterocycles. The number of allylic oxidation sites excluding steroid dienone is 1. The highest BCUT2D eigenvalue weighted by molar-refractivity contribution is 5.86. The second-order valence-corrected chi connectivity index (χ2v) is 8.74. The van der Waals surface area contributed by atoms with Crippen LogP contribution in [0, 0.1) is 5.82 Å². The summed E-state index contributed by atoms with van der Waals surface area (Å²) < 4.78 is 30.9. The molecule has 8 nitrogen and oxygen atoms in total. The number of benzene rings is 2. The number of nitrogens with zero attached hydrogens (tertiary/aromatic N) is 3. The van der Waals surface area contributed by atoms with Gasteiger partial charge in [-0.25, -0.2) is 9.18 Å². The molecule has 0 fully saturated rings. The molecular formula is C27H31FN4O4. The first kappa shape index (κ1) is 25.4. The van der Waals surface area contributed by atoms with Crippen molar-refractivity contribution in [2.45, 2.75) is 46.3 Å². The van der Waals surface area contributed by atoms with E-state index in [0.717, 1.165) is 11.3 Å². The third-order valence-electron chi connectivity index (χ3n) is 5.84. The Hall–Kier alpha value is -3.72. The van der Waals surface area contributed by atoms with Crippen LogP contribution in [-0.4, -0.2) is 46.9 Å². The van der Waals surface area contributed by atoms with Crippen molar-refractivity contribution in [3.8, 4) is 17.1 Å². The van der Waals surface area contributed by atoms with Gasteiger partial charge in [0.05, 0.1) is 24.3 Å². The number of aromatic nitrogens is 2. The summed E-state index contributed by atoms with van der Waals surface area (Å²) in [5, 5.41) is 7.16. The van der Waals surface area contributed by atoms with E-state index in [1.54, 1.807) is 17.0 Å². The quantitative estimate of drug-likeness (QED) is 0.370. The van der Waals surface area contributed by atoms with Crippen molar-refractivity contribution in [1.82, 2.24) is 20.4 Å². The minimum Gasteiger partial charge on any atom is -0.494 e. The predicted octanol–water partition coefficient (Wildman–Crippen LogP) is 5.59. The van der Waals surface area contributed by atoms with Crippen molar-refractivity contribution >= 4 is 11.6 Å². The van der Waals surface area contributed by atoms with Crippen molar-refractivity contribution in [3.05, 3.63) is 71.5 Å². The molecular weight excluding hydrogens is 463 g/mol. The van der Waals surface area contributed by atoms with Crippen molar-refractivity contribution in [2.75, 3.05) is 19.8 Å². The van der Waals surface area contributed by atoms with E-state index in [0.29, 0.717) is 48.8 Å². The lowest BCUT2D eigenvalue weighted by molar-refractivity contribution is 0.0736. The molecule has 3 aromatic rings. The Balaban J connectivity index is 1.68. The Morgan fingerprint density at radius 2 is 1.97 bits per heavy atom. The van der Waals surface area contributed by atoms with Crippen LogP contribution in [0.3, 0.4) is 0 Å². The van der Waals surface area contributed by atoms with Crippen LogP contribution in [0.5, 0.6) is 5.75 Å². The minimum absolute atomic E-state index is 0.115. The number of halogens is 1. The van der Waals surface area contributed by atoms with Gasteiger partial charge < -0.3 is 19.3 Å². The summed E-state index contributed by atoms with van der Waals surface area (Å²) in [5.74, 6) is 1.02. The van der Waals surface area contributed by atoms with Gasteiger partial charge in [-0.1, -0.05) is 17.3 Å². The van der Waals surface area contributed by atoms with Gasteiger partial charge in [0.15, 0.2) is 0 Å². The zero-order chi connectivity index (χ0) is 25.7. The summed E-state index contributed by atoms with van der Waals surface area (Å²) in [6.45, 7) is 9.25. The first-order valence-electron chi connectivity index (χ1n) is 12.1. The molecule has 1 aromatic heterocycles. The van der Waals surface area contributed by atoms with Crippen LogP contribution in [0.25, 0.3) is 17.0 Å². The van der Waals surface area contributed by atoms with E-state index in [9.17, 15) is 9.18 Å². The molecule has 1 N–H and O–H groups in total. The molecule has 1 aliphatic rings. The lowest BCUT2D eigenvalue weighted by Gasteiger charge is -2.35. The second kappa shape index (κ2) is 11.3. The van der Waals surface area contributed by atoms with Gasteiger partial charge in [0.2, 0.25) is 5.82 Å². The smallest absolute Gasteiger partial charge is 0.322 e. The van der Waals surface area contributed by atoms with Gasteiger partial charge in [-0.15, -0.1) is 0 Å². The third-order valence-corrected chi connectivity index (χ3v) is 5.84. The lowest BCUT2D eigenvalue weighted by atomic mass is 9.94. The maximum absolute atomic E-state index is 14.1. The third kappa shape index (κ3) is 5.73. The van der Waals surface area contributed by atoms with Crippen LogP contribution in [0.4, 0.5) is 9.18 Å². The van der Waals surface area contributed by atoms with Crippen LogP contribution >= 0.6 is 0 Å². The van der Waals surface area contributed by atoms with Crippen LogP contribution in [0.2, 0.25) is 0 Å². The highest BCUT2D eigenvalue weighted by atomic mass is 19.1. The van der Waals surface area contributed by atoms with Gasteiger partial charge in [0.1, 0.15) is 11.6 Å². The molecule has 0 saturated carbocycles. The number of nitrogens with one attached hydrogen (secondary N) is 1. The zero-order valence-electron chi connectivity index (χ0n) is 21.0. The highest BCUT2D eigenvalue weighted by Gasteiger charge is 2.35. The van der Waals surface area contributed by atoms with Crippen molar-refractivity contribution in [3.63, 3.8) is 0 Å². The number of amides is 2. The van der Waals surface area contributed by atoms with E-state index in [1.165, 1.54) is 12.1 Å². The van der Waals surface area contributed by atoms with Crippen LogP contribution in [0.15, 0.2) is 58.8 Å². The summed E-state index contributed by atoms with van der Waals surface area (Å²) in [6, 6.07) is 12.6. The molecule has 190 valence electrons. The molecule has 2 amide bonds. The fraction of sp³-hybridized carbons (Fsp3) is 0.370. The molecule has 2 aromatic carbocycles. The van der Waals surface area contributed by atoms with E-state index in [4.69, 9.17) is 14.0 Å². The molecule has 0 radical (unpaired) electrons. The number of rotatable bonds is 10. The average Bonchev–Trinajstić information content (AvgIpc) is 3.33. The SMILES string of the molecule is CCOc1ccc(-c2noc(C3=C(C)N(CCCOC(C)C)C(=O)NC3c3cccc(F)c3)n2)cc1. The summed E-state index contributed by atoms with van der Waals surface area (Å²) in [4.78, 5) is 19.3. The average molecular weight is 495 g/mol. The molecule has 1 aliphatic heterocycles. The maximum atomic E-state index is 14.1. The summed E-state index contributed by atoms with van der Waals surface area (Å²) in [7, 11) is 0. The fourth-order valence-corrected chi connectivity index (χ4v) is 4.12. The molecule has 36 heavy (non-hydrogen) atoms. The Bertz CT molecular complexity index is 1220. The number of ether oxygens (including phenoxy) is 2. The maximum Gasteiger partial charge on any atom is 0.322 e. The van der Waals surface area contributed by atoms with E-state index in [-0.39, 0.29) is 18.0 Å². The Kier molecular flexibility index (Phi) is 8.00. The van der Waals surface area contributed by atoms with E-state index in [2.05, 4.69) is 15.5 Å². The lowest BCUT2D eigenvalue weighted by Crippen LogP contribution is -2.46. The standard InChI is InChI=1S/C27H31FN4O4/c1-5-34-22-12-10-19(11-13-22)25-30-26(36-31-25)23-18(4)32(14-7-15-35-17(2)3)27(33)29-24(23)20-8-6-9-21(28)16-20/h6,8-13,16-17,24H,5,7,14-15H2,1-4H3,(H,29,33). The molecule has 0 aliphatic carbocycles. The molecule has 0 bridgehead atoms. The topological polar surface area (TPSA) is 89.7 Å². The second-order valence-electron chi connectivity index (χ2n) is 8.74. The first-order chi connectivity index (χ1) is 17.4. The molecule has 1 atom stereocenters.